The fourth-order valence-corrected chi connectivity index (χ4v) is 3.97. The van der Waals surface area contributed by atoms with Crippen LogP contribution in [0.2, 0.25) is 0 Å². The molecule has 5 heteroatoms. The lowest BCUT2D eigenvalue weighted by molar-refractivity contribution is 0.0944. The van der Waals surface area contributed by atoms with Gasteiger partial charge in [0.05, 0.1) is 20.9 Å². The second kappa shape index (κ2) is 13.8. The topological polar surface area (TPSA) is 58.2 Å². The molecule has 0 fully saturated rings. The molecule has 35 heavy (non-hydrogen) atoms. The van der Waals surface area contributed by atoms with E-state index in [4.69, 9.17) is 0 Å². The van der Waals surface area contributed by atoms with E-state index in [0.717, 1.165) is 35.4 Å². The molecule has 0 spiro atoms. The van der Waals surface area contributed by atoms with Crippen molar-refractivity contribution in [2.24, 2.45) is 0 Å². The Balaban J connectivity index is 1.73. The number of amides is 2. The zero-order valence-electron chi connectivity index (χ0n) is 20.2. The third-order valence-electron chi connectivity index (χ3n) is 5.22. The third kappa shape index (κ3) is 7.88. The normalized spacial score (nSPS) is 9.89. The highest BCUT2D eigenvalue weighted by Gasteiger charge is 2.10. The predicted octanol–water partition coefficient (Wildman–Crippen LogP) is 5.61. The second-order valence-corrected chi connectivity index (χ2v) is 9.06. The molecule has 1 aromatic heterocycles. The first kappa shape index (κ1) is 25.8. The zero-order valence-corrected chi connectivity index (χ0v) is 21.1. The first-order valence-corrected chi connectivity index (χ1v) is 12.8. The highest BCUT2D eigenvalue weighted by atomic mass is 32.1. The molecular formula is C30H30N2O2S. The number of hydrogen-bond acceptors (Lipinski definition) is 3. The van der Waals surface area contributed by atoms with Gasteiger partial charge < -0.3 is 10.6 Å². The molecule has 3 rings (SSSR count). The number of rotatable bonds is 8. The predicted molar refractivity (Wildman–Crippen MR) is 144 cm³/mol. The molecule has 0 saturated carbocycles. The van der Waals surface area contributed by atoms with Crippen molar-refractivity contribution >= 4 is 23.2 Å². The molecule has 0 radical (unpaired) electrons. The van der Waals surface area contributed by atoms with Crippen LogP contribution in [0.4, 0.5) is 0 Å². The van der Waals surface area contributed by atoms with Crippen LogP contribution in [0.25, 0.3) is 0 Å². The Hall–Kier alpha value is -3.80. The van der Waals surface area contributed by atoms with Gasteiger partial charge in [0.25, 0.3) is 11.8 Å². The second-order valence-electron chi connectivity index (χ2n) is 7.97. The maximum Gasteiger partial charge on any atom is 0.252 e. The minimum atomic E-state index is -0.0986. The molecule has 4 nitrogen and oxygen atoms in total. The first-order valence-electron chi connectivity index (χ1n) is 12.0. The standard InChI is InChI=1S/C30H30N2O2S/c1-3-5-21-31-29(33)27-13-9-7-11-23(27)15-17-25-19-20-26(35-25)18-16-24-12-8-10-14-28(24)30(34)32-22-6-4-2/h7-14,19-20H,3-6,21-22H2,1-2H3,(H,31,33)(H,32,34). The van der Waals surface area contributed by atoms with Gasteiger partial charge in [0, 0.05) is 24.2 Å². The van der Waals surface area contributed by atoms with Gasteiger partial charge in [0.1, 0.15) is 0 Å². The number of benzene rings is 2. The van der Waals surface area contributed by atoms with Crippen LogP contribution in [0.5, 0.6) is 0 Å². The summed E-state index contributed by atoms with van der Waals surface area (Å²) < 4.78 is 0. The fraction of sp³-hybridized carbons (Fsp3) is 0.267. The van der Waals surface area contributed by atoms with Gasteiger partial charge in [0.2, 0.25) is 0 Å². The minimum Gasteiger partial charge on any atom is -0.352 e. The summed E-state index contributed by atoms with van der Waals surface area (Å²) >= 11 is 1.49. The van der Waals surface area contributed by atoms with Crippen molar-refractivity contribution in [3.63, 3.8) is 0 Å². The van der Waals surface area contributed by atoms with Crippen LogP contribution in [-0.2, 0) is 0 Å². The van der Waals surface area contributed by atoms with Gasteiger partial charge in [-0.25, -0.2) is 0 Å². The number of carbonyl (C=O) groups is 2. The molecular weight excluding hydrogens is 452 g/mol. The van der Waals surface area contributed by atoms with Crippen LogP contribution in [0, 0.1) is 23.7 Å². The highest BCUT2D eigenvalue weighted by Crippen LogP contribution is 2.16. The lowest BCUT2D eigenvalue weighted by Crippen LogP contribution is -2.25. The van der Waals surface area contributed by atoms with E-state index in [1.165, 1.54) is 11.3 Å². The third-order valence-corrected chi connectivity index (χ3v) is 6.14. The lowest BCUT2D eigenvalue weighted by atomic mass is 10.1. The smallest absolute Gasteiger partial charge is 0.252 e. The summed E-state index contributed by atoms with van der Waals surface area (Å²) in [6.45, 7) is 5.51. The van der Waals surface area contributed by atoms with Gasteiger partial charge in [-0.1, -0.05) is 74.6 Å². The van der Waals surface area contributed by atoms with E-state index in [-0.39, 0.29) is 11.8 Å². The Kier molecular flexibility index (Phi) is 10.2. The summed E-state index contributed by atoms with van der Waals surface area (Å²) in [4.78, 5) is 26.7. The van der Waals surface area contributed by atoms with Crippen LogP contribution >= 0.6 is 11.3 Å². The lowest BCUT2D eigenvalue weighted by Gasteiger charge is -2.06. The van der Waals surface area contributed by atoms with Crippen LogP contribution in [0.3, 0.4) is 0 Å². The van der Waals surface area contributed by atoms with E-state index in [2.05, 4.69) is 48.2 Å². The van der Waals surface area contributed by atoms with Gasteiger partial charge in [-0.05, 0) is 49.2 Å². The minimum absolute atomic E-state index is 0.0986. The van der Waals surface area contributed by atoms with Gasteiger partial charge in [0.15, 0.2) is 0 Å². The first-order chi connectivity index (χ1) is 17.1. The van der Waals surface area contributed by atoms with E-state index in [1.54, 1.807) is 12.1 Å². The van der Waals surface area contributed by atoms with Gasteiger partial charge >= 0.3 is 0 Å². The number of unbranched alkanes of at least 4 members (excludes halogenated alkanes) is 2. The summed E-state index contributed by atoms with van der Waals surface area (Å²) in [5.41, 5.74) is 2.57. The summed E-state index contributed by atoms with van der Waals surface area (Å²) in [5, 5.41) is 5.90. The number of thiophene rings is 1. The van der Waals surface area contributed by atoms with E-state index in [0.29, 0.717) is 35.3 Å². The summed E-state index contributed by atoms with van der Waals surface area (Å²) in [6.07, 6.45) is 3.96. The summed E-state index contributed by atoms with van der Waals surface area (Å²) in [6, 6.07) is 18.6. The van der Waals surface area contributed by atoms with E-state index in [9.17, 15) is 9.59 Å². The van der Waals surface area contributed by atoms with Crippen molar-refractivity contribution in [1.82, 2.24) is 10.6 Å². The van der Waals surface area contributed by atoms with Gasteiger partial charge in [-0.15, -0.1) is 11.3 Å². The molecule has 0 saturated heterocycles. The van der Waals surface area contributed by atoms with E-state index < -0.39 is 0 Å². The highest BCUT2D eigenvalue weighted by molar-refractivity contribution is 7.13. The average molecular weight is 483 g/mol. The summed E-state index contributed by atoms with van der Waals surface area (Å²) in [5.74, 6) is 12.4. The Bertz CT molecular complexity index is 1190. The zero-order chi connectivity index (χ0) is 24.9. The molecule has 1 heterocycles. The molecule has 0 unspecified atom stereocenters. The Morgan fingerprint density at radius 3 is 1.51 bits per heavy atom. The van der Waals surface area contributed by atoms with Crippen molar-refractivity contribution in [3.05, 3.63) is 92.7 Å². The number of hydrogen-bond donors (Lipinski definition) is 2. The Morgan fingerprint density at radius 1 is 0.657 bits per heavy atom. The molecule has 0 atom stereocenters. The van der Waals surface area contributed by atoms with Crippen LogP contribution in [-0.4, -0.2) is 24.9 Å². The van der Waals surface area contributed by atoms with Crippen molar-refractivity contribution < 1.29 is 9.59 Å². The van der Waals surface area contributed by atoms with E-state index >= 15 is 0 Å². The fourth-order valence-electron chi connectivity index (χ4n) is 3.26. The van der Waals surface area contributed by atoms with Crippen LogP contribution in [0.15, 0.2) is 60.7 Å². The van der Waals surface area contributed by atoms with Crippen molar-refractivity contribution in [2.75, 3.05) is 13.1 Å². The van der Waals surface area contributed by atoms with E-state index in [1.807, 2.05) is 48.5 Å². The summed E-state index contributed by atoms with van der Waals surface area (Å²) in [7, 11) is 0. The van der Waals surface area contributed by atoms with Gasteiger partial charge in [-0.3, -0.25) is 9.59 Å². The quantitative estimate of drug-likeness (QED) is 0.324. The van der Waals surface area contributed by atoms with Crippen molar-refractivity contribution in [3.8, 4) is 23.7 Å². The molecule has 0 aliphatic heterocycles. The average Bonchev–Trinajstić information content (AvgIpc) is 3.34. The molecule has 2 amide bonds. The Morgan fingerprint density at radius 2 is 1.09 bits per heavy atom. The largest absolute Gasteiger partial charge is 0.352 e. The van der Waals surface area contributed by atoms with Crippen molar-refractivity contribution in [1.29, 1.82) is 0 Å². The molecule has 178 valence electrons. The van der Waals surface area contributed by atoms with Crippen LogP contribution in [0.1, 0.15) is 81.1 Å². The number of nitrogens with one attached hydrogen (secondary N) is 2. The van der Waals surface area contributed by atoms with Crippen molar-refractivity contribution in [2.45, 2.75) is 39.5 Å². The molecule has 0 bridgehead atoms. The van der Waals surface area contributed by atoms with Crippen LogP contribution < -0.4 is 10.6 Å². The molecule has 3 aromatic rings. The molecule has 2 N–H and O–H groups in total. The monoisotopic (exact) mass is 482 g/mol. The maximum atomic E-state index is 12.5. The Labute approximate surface area is 212 Å². The molecule has 2 aromatic carbocycles. The maximum absolute atomic E-state index is 12.5. The number of carbonyl (C=O) groups excluding carboxylic acids is 2. The molecule has 0 aliphatic carbocycles. The SMILES string of the molecule is CCCCNC(=O)c1ccccc1C#Cc1ccc(C#Cc2ccccc2C(=O)NCCCC)s1. The molecule has 0 aliphatic rings. The van der Waals surface area contributed by atoms with Gasteiger partial charge in [-0.2, -0.15) is 0 Å².